The van der Waals surface area contributed by atoms with Crippen LogP contribution in [0.3, 0.4) is 0 Å². The van der Waals surface area contributed by atoms with Crippen molar-refractivity contribution in [1.82, 2.24) is 0 Å². The third kappa shape index (κ3) is 3.25. The molecule has 0 aromatic heterocycles. The minimum Gasteiger partial charge on any atom is -0.456 e. The zero-order chi connectivity index (χ0) is 13.1. The zero-order valence-corrected chi connectivity index (χ0v) is 12.1. The van der Waals surface area contributed by atoms with Crippen LogP contribution in [-0.2, 0) is 0 Å². The molecule has 0 amide bonds. The number of aliphatic hydroxyl groups excluding tert-OH is 1. The van der Waals surface area contributed by atoms with Crippen molar-refractivity contribution in [1.29, 1.82) is 0 Å². The summed E-state index contributed by atoms with van der Waals surface area (Å²) in [5.74, 6) is 1.29. The molecule has 0 radical (unpaired) electrons. The molecule has 0 spiro atoms. The summed E-state index contributed by atoms with van der Waals surface area (Å²) < 4.78 is 6.66. The highest BCUT2D eigenvalue weighted by Gasteiger charge is 2.07. The Morgan fingerprint density at radius 1 is 1.17 bits per heavy atom. The number of hydrogen-bond donors (Lipinski definition) is 1. The van der Waals surface area contributed by atoms with E-state index >= 15 is 0 Å². The molecule has 94 valence electrons. The summed E-state index contributed by atoms with van der Waals surface area (Å²) in [6, 6.07) is 12.8. The van der Waals surface area contributed by atoms with Crippen LogP contribution in [0.15, 0.2) is 46.9 Å². The SMILES string of the molecule is CC(O)c1ccc(Oc2ccc(Br)cc2)c(Cl)c1. The quantitative estimate of drug-likeness (QED) is 0.864. The molecule has 0 heterocycles. The smallest absolute Gasteiger partial charge is 0.146 e. The highest BCUT2D eigenvalue weighted by atomic mass is 79.9. The topological polar surface area (TPSA) is 29.5 Å². The third-order valence-corrected chi connectivity index (χ3v) is 3.30. The molecule has 2 rings (SSSR count). The molecule has 0 aliphatic carbocycles. The molecule has 0 saturated carbocycles. The minimum atomic E-state index is -0.538. The molecular weight excluding hydrogens is 316 g/mol. The van der Waals surface area contributed by atoms with E-state index in [2.05, 4.69) is 15.9 Å². The van der Waals surface area contributed by atoms with Crippen LogP contribution >= 0.6 is 27.5 Å². The first-order valence-corrected chi connectivity index (χ1v) is 6.64. The number of halogens is 2. The monoisotopic (exact) mass is 326 g/mol. The van der Waals surface area contributed by atoms with E-state index in [0.717, 1.165) is 10.0 Å². The summed E-state index contributed by atoms with van der Waals surface area (Å²) in [6.07, 6.45) is -0.538. The van der Waals surface area contributed by atoms with Gasteiger partial charge in [-0.15, -0.1) is 0 Å². The largest absolute Gasteiger partial charge is 0.456 e. The second-order valence-corrected chi connectivity index (χ2v) is 5.24. The van der Waals surface area contributed by atoms with Crippen molar-refractivity contribution in [2.24, 2.45) is 0 Å². The molecule has 1 atom stereocenters. The van der Waals surface area contributed by atoms with Crippen LogP contribution in [0.1, 0.15) is 18.6 Å². The molecule has 4 heteroatoms. The predicted molar refractivity (Wildman–Crippen MR) is 76.3 cm³/mol. The average Bonchev–Trinajstić information content (AvgIpc) is 2.34. The van der Waals surface area contributed by atoms with Crippen LogP contribution < -0.4 is 4.74 Å². The Morgan fingerprint density at radius 3 is 2.39 bits per heavy atom. The van der Waals surface area contributed by atoms with Gasteiger partial charge in [-0.2, -0.15) is 0 Å². The lowest BCUT2D eigenvalue weighted by Crippen LogP contribution is -1.92. The van der Waals surface area contributed by atoms with E-state index in [-0.39, 0.29) is 0 Å². The molecule has 18 heavy (non-hydrogen) atoms. The van der Waals surface area contributed by atoms with Gasteiger partial charge in [-0.1, -0.05) is 33.6 Å². The van der Waals surface area contributed by atoms with Gasteiger partial charge in [-0.05, 0) is 48.9 Å². The van der Waals surface area contributed by atoms with Crippen molar-refractivity contribution in [2.45, 2.75) is 13.0 Å². The van der Waals surface area contributed by atoms with E-state index in [1.165, 1.54) is 0 Å². The lowest BCUT2D eigenvalue weighted by molar-refractivity contribution is 0.199. The minimum absolute atomic E-state index is 0.483. The Kier molecular flexibility index (Phi) is 4.27. The summed E-state index contributed by atoms with van der Waals surface area (Å²) in [6.45, 7) is 1.70. The summed E-state index contributed by atoms with van der Waals surface area (Å²) in [5.41, 5.74) is 0.767. The molecular formula is C14H12BrClO2. The maximum Gasteiger partial charge on any atom is 0.146 e. The molecule has 2 aromatic rings. The van der Waals surface area contributed by atoms with Gasteiger partial charge in [-0.3, -0.25) is 0 Å². The lowest BCUT2D eigenvalue weighted by Gasteiger charge is -2.10. The fourth-order valence-corrected chi connectivity index (χ4v) is 1.98. The van der Waals surface area contributed by atoms with Gasteiger partial charge in [-0.25, -0.2) is 0 Å². The fourth-order valence-electron chi connectivity index (χ4n) is 1.49. The third-order valence-electron chi connectivity index (χ3n) is 2.48. The van der Waals surface area contributed by atoms with E-state index < -0.39 is 6.10 Å². The second-order valence-electron chi connectivity index (χ2n) is 3.92. The average molecular weight is 328 g/mol. The van der Waals surface area contributed by atoms with Gasteiger partial charge in [0.1, 0.15) is 11.5 Å². The van der Waals surface area contributed by atoms with E-state index in [1.807, 2.05) is 24.3 Å². The Hall–Kier alpha value is -1.03. The number of hydrogen-bond acceptors (Lipinski definition) is 2. The molecule has 0 aliphatic rings. The van der Waals surface area contributed by atoms with Crippen LogP contribution in [0.2, 0.25) is 5.02 Å². The summed E-state index contributed by atoms with van der Waals surface area (Å²) in [7, 11) is 0. The number of ether oxygens (including phenoxy) is 1. The first-order chi connectivity index (χ1) is 8.56. The fraction of sp³-hybridized carbons (Fsp3) is 0.143. The van der Waals surface area contributed by atoms with Crippen LogP contribution in [-0.4, -0.2) is 5.11 Å². The van der Waals surface area contributed by atoms with Crippen molar-refractivity contribution >= 4 is 27.5 Å². The van der Waals surface area contributed by atoms with Crippen molar-refractivity contribution in [3.63, 3.8) is 0 Å². The van der Waals surface area contributed by atoms with Gasteiger partial charge in [0.2, 0.25) is 0 Å². The Balaban J connectivity index is 2.22. The standard InChI is InChI=1S/C14H12BrClO2/c1-9(17)10-2-7-14(13(16)8-10)18-12-5-3-11(15)4-6-12/h2-9,17H,1H3. The Morgan fingerprint density at radius 2 is 1.83 bits per heavy atom. The van der Waals surface area contributed by atoms with Gasteiger partial charge in [0, 0.05) is 4.47 Å². The molecule has 2 aromatic carbocycles. The number of aliphatic hydroxyl groups is 1. The van der Waals surface area contributed by atoms with Crippen molar-refractivity contribution in [3.8, 4) is 11.5 Å². The van der Waals surface area contributed by atoms with Gasteiger partial charge < -0.3 is 9.84 Å². The number of benzene rings is 2. The van der Waals surface area contributed by atoms with Gasteiger partial charge >= 0.3 is 0 Å². The molecule has 2 nitrogen and oxygen atoms in total. The molecule has 0 aliphatic heterocycles. The Labute approximate surface area is 119 Å². The maximum atomic E-state index is 9.45. The Bertz CT molecular complexity index is 538. The van der Waals surface area contributed by atoms with E-state index in [4.69, 9.17) is 16.3 Å². The second kappa shape index (κ2) is 5.74. The highest BCUT2D eigenvalue weighted by molar-refractivity contribution is 9.10. The van der Waals surface area contributed by atoms with Gasteiger partial charge in [0.25, 0.3) is 0 Å². The number of rotatable bonds is 3. The first-order valence-electron chi connectivity index (χ1n) is 5.47. The van der Waals surface area contributed by atoms with E-state index in [9.17, 15) is 5.11 Å². The van der Waals surface area contributed by atoms with Gasteiger partial charge in [0.05, 0.1) is 11.1 Å². The van der Waals surface area contributed by atoms with Crippen molar-refractivity contribution in [2.75, 3.05) is 0 Å². The molecule has 1 unspecified atom stereocenters. The summed E-state index contributed by atoms with van der Waals surface area (Å²) in [4.78, 5) is 0. The normalized spacial score (nSPS) is 12.2. The molecule has 0 bridgehead atoms. The first kappa shape index (κ1) is 13.4. The van der Waals surface area contributed by atoms with E-state index in [0.29, 0.717) is 16.5 Å². The van der Waals surface area contributed by atoms with Crippen molar-refractivity contribution < 1.29 is 9.84 Å². The zero-order valence-electron chi connectivity index (χ0n) is 9.73. The molecule has 1 N–H and O–H groups in total. The highest BCUT2D eigenvalue weighted by Crippen LogP contribution is 2.32. The van der Waals surface area contributed by atoms with Crippen LogP contribution in [0.4, 0.5) is 0 Å². The van der Waals surface area contributed by atoms with Crippen molar-refractivity contribution in [3.05, 3.63) is 57.5 Å². The molecule has 0 saturated heterocycles. The lowest BCUT2D eigenvalue weighted by atomic mass is 10.1. The maximum absolute atomic E-state index is 9.45. The van der Waals surface area contributed by atoms with Crippen LogP contribution in [0, 0.1) is 0 Å². The predicted octanol–water partition coefficient (Wildman–Crippen LogP) is 4.95. The molecule has 0 fully saturated rings. The summed E-state index contributed by atoms with van der Waals surface area (Å²) in [5, 5.41) is 9.94. The van der Waals surface area contributed by atoms with Crippen LogP contribution in [0.5, 0.6) is 11.5 Å². The van der Waals surface area contributed by atoms with E-state index in [1.54, 1.807) is 25.1 Å². The van der Waals surface area contributed by atoms with Gasteiger partial charge in [0.15, 0.2) is 0 Å². The van der Waals surface area contributed by atoms with Crippen LogP contribution in [0.25, 0.3) is 0 Å². The summed E-state index contributed by atoms with van der Waals surface area (Å²) >= 11 is 9.47.